The van der Waals surface area contributed by atoms with Crippen molar-refractivity contribution in [3.8, 4) is 0 Å². The van der Waals surface area contributed by atoms with E-state index in [1.807, 2.05) is 0 Å². The molecule has 15 heavy (non-hydrogen) atoms. The molecule has 0 atom stereocenters. The maximum absolute atomic E-state index is 11.0. The number of carboxylic acid groups (broad SMARTS) is 1. The Labute approximate surface area is 90.9 Å². The molecule has 1 aliphatic rings. The van der Waals surface area contributed by atoms with E-state index in [4.69, 9.17) is 5.11 Å². The highest BCUT2D eigenvalue weighted by Gasteiger charge is 2.43. The van der Waals surface area contributed by atoms with Crippen LogP contribution >= 0.6 is 0 Å². The summed E-state index contributed by atoms with van der Waals surface area (Å²) in [7, 11) is 0. The third kappa shape index (κ3) is 2.58. The molecule has 1 N–H and O–H groups in total. The third-order valence-electron chi connectivity index (χ3n) is 3.53. The highest BCUT2D eigenvalue weighted by molar-refractivity contribution is 5.84. The van der Waals surface area contributed by atoms with Gasteiger partial charge in [0.1, 0.15) is 5.78 Å². The number of hydrogen-bond acceptors (Lipinski definition) is 2. The molecule has 1 aliphatic carbocycles. The van der Waals surface area contributed by atoms with E-state index in [1.165, 1.54) is 0 Å². The lowest BCUT2D eigenvalue weighted by atomic mass is 9.61. The predicted octanol–water partition coefficient (Wildman–Crippen LogP) is 2.49. The van der Waals surface area contributed by atoms with Crippen molar-refractivity contribution in [3.63, 3.8) is 0 Å². The molecule has 1 saturated carbocycles. The molecule has 0 heterocycles. The standard InChI is InChI=1S/C12H20O3/c1-11(2,8-5-9(13)6-8)7-12(3,4)10(14)15/h8H,5-7H2,1-4H3,(H,14,15). The van der Waals surface area contributed by atoms with Crippen molar-refractivity contribution in [1.82, 2.24) is 0 Å². The Morgan fingerprint density at radius 1 is 1.33 bits per heavy atom. The van der Waals surface area contributed by atoms with Gasteiger partial charge in [0.15, 0.2) is 0 Å². The second kappa shape index (κ2) is 3.62. The molecule has 0 amide bonds. The van der Waals surface area contributed by atoms with Gasteiger partial charge in [-0.25, -0.2) is 0 Å². The van der Waals surface area contributed by atoms with E-state index in [0.717, 1.165) is 0 Å². The minimum atomic E-state index is -0.763. The normalized spacial score (nSPS) is 18.8. The largest absolute Gasteiger partial charge is 0.481 e. The molecule has 0 spiro atoms. The van der Waals surface area contributed by atoms with Crippen LogP contribution in [0.5, 0.6) is 0 Å². The molecule has 0 aromatic rings. The molecule has 0 aromatic carbocycles. The van der Waals surface area contributed by atoms with Crippen molar-refractivity contribution >= 4 is 11.8 Å². The summed E-state index contributed by atoms with van der Waals surface area (Å²) in [6.07, 6.45) is 1.87. The quantitative estimate of drug-likeness (QED) is 0.779. The Morgan fingerprint density at radius 2 is 1.80 bits per heavy atom. The fourth-order valence-corrected chi connectivity index (χ4v) is 2.40. The van der Waals surface area contributed by atoms with Crippen LogP contribution in [0, 0.1) is 16.7 Å². The van der Waals surface area contributed by atoms with Crippen molar-refractivity contribution in [2.24, 2.45) is 16.7 Å². The van der Waals surface area contributed by atoms with E-state index in [2.05, 4.69) is 13.8 Å². The van der Waals surface area contributed by atoms with Gasteiger partial charge in [-0.05, 0) is 31.6 Å². The minimum Gasteiger partial charge on any atom is -0.481 e. The minimum absolute atomic E-state index is 0.0597. The fraction of sp³-hybridized carbons (Fsp3) is 0.833. The number of rotatable bonds is 4. The van der Waals surface area contributed by atoms with Gasteiger partial charge in [-0.3, -0.25) is 9.59 Å². The van der Waals surface area contributed by atoms with Gasteiger partial charge in [0, 0.05) is 12.8 Å². The van der Waals surface area contributed by atoms with Gasteiger partial charge in [0.25, 0.3) is 0 Å². The molecule has 1 fully saturated rings. The predicted molar refractivity (Wildman–Crippen MR) is 57.5 cm³/mol. The van der Waals surface area contributed by atoms with Gasteiger partial charge in [-0.1, -0.05) is 13.8 Å². The summed E-state index contributed by atoms with van der Waals surface area (Å²) in [5, 5.41) is 9.06. The van der Waals surface area contributed by atoms with Crippen molar-refractivity contribution in [2.75, 3.05) is 0 Å². The van der Waals surface area contributed by atoms with Gasteiger partial charge in [0.2, 0.25) is 0 Å². The summed E-state index contributed by atoms with van der Waals surface area (Å²) in [6.45, 7) is 7.62. The number of carbonyl (C=O) groups is 2. The molecule has 3 nitrogen and oxygen atoms in total. The third-order valence-corrected chi connectivity index (χ3v) is 3.53. The van der Waals surface area contributed by atoms with E-state index >= 15 is 0 Å². The molecular weight excluding hydrogens is 192 g/mol. The number of hydrogen-bond donors (Lipinski definition) is 1. The molecule has 0 aliphatic heterocycles. The Bertz CT molecular complexity index is 281. The molecular formula is C12H20O3. The smallest absolute Gasteiger partial charge is 0.309 e. The average molecular weight is 212 g/mol. The van der Waals surface area contributed by atoms with E-state index in [1.54, 1.807) is 13.8 Å². The van der Waals surface area contributed by atoms with Crippen molar-refractivity contribution in [1.29, 1.82) is 0 Å². The van der Waals surface area contributed by atoms with Gasteiger partial charge in [0.05, 0.1) is 5.41 Å². The maximum Gasteiger partial charge on any atom is 0.309 e. The SMILES string of the molecule is CC(C)(CC(C)(C)C1CC(=O)C1)C(=O)O. The van der Waals surface area contributed by atoms with Gasteiger partial charge >= 0.3 is 5.97 Å². The van der Waals surface area contributed by atoms with Crippen LogP contribution in [0.4, 0.5) is 0 Å². The molecule has 0 aromatic heterocycles. The first kappa shape index (κ1) is 12.2. The van der Waals surface area contributed by atoms with Crippen LogP contribution in [0.25, 0.3) is 0 Å². The maximum atomic E-state index is 11.0. The average Bonchev–Trinajstić information content (AvgIpc) is 1.96. The number of carbonyl (C=O) groups excluding carboxylic acids is 1. The second-order valence-electron chi connectivity index (χ2n) is 6.00. The summed E-state index contributed by atoms with van der Waals surface area (Å²) in [6, 6.07) is 0. The zero-order chi connectivity index (χ0) is 11.9. The first-order valence-electron chi connectivity index (χ1n) is 5.40. The zero-order valence-corrected chi connectivity index (χ0v) is 9.96. The first-order valence-corrected chi connectivity index (χ1v) is 5.40. The molecule has 1 rings (SSSR count). The molecule has 0 radical (unpaired) electrons. The second-order valence-corrected chi connectivity index (χ2v) is 6.00. The molecule has 0 saturated heterocycles. The van der Waals surface area contributed by atoms with Gasteiger partial charge < -0.3 is 5.11 Å². The van der Waals surface area contributed by atoms with Crippen LogP contribution in [-0.4, -0.2) is 16.9 Å². The van der Waals surface area contributed by atoms with Crippen LogP contribution in [0.1, 0.15) is 47.0 Å². The number of carboxylic acids is 1. The summed E-state index contributed by atoms with van der Waals surface area (Å²) in [5.41, 5.74) is -0.766. The number of Topliss-reactive ketones (excluding diaryl/α,β-unsaturated/α-hetero) is 1. The molecule has 3 heteroatoms. The van der Waals surface area contributed by atoms with E-state index in [9.17, 15) is 9.59 Å². The number of aliphatic carboxylic acids is 1. The summed E-state index contributed by atoms with van der Waals surface area (Å²) in [4.78, 5) is 22.0. The summed E-state index contributed by atoms with van der Waals surface area (Å²) in [5.74, 6) is -0.0916. The van der Waals surface area contributed by atoms with Crippen LogP contribution in [0.2, 0.25) is 0 Å². The summed E-state index contributed by atoms with van der Waals surface area (Å²) < 4.78 is 0. The van der Waals surface area contributed by atoms with Crippen LogP contribution in [0.3, 0.4) is 0 Å². The van der Waals surface area contributed by atoms with Crippen LogP contribution in [0.15, 0.2) is 0 Å². The Morgan fingerprint density at radius 3 is 2.13 bits per heavy atom. The highest BCUT2D eigenvalue weighted by atomic mass is 16.4. The zero-order valence-electron chi connectivity index (χ0n) is 9.96. The first-order chi connectivity index (χ1) is 6.65. The lowest BCUT2D eigenvalue weighted by molar-refractivity contribution is -0.150. The van der Waals surface area contributed by atoms with Gasteiger partial charge in [-0.2, -0.15) is 0 Å². The van der Waals surface area contributed by atoms with Crippen LogP contribution < -0.4 is 0 Å². The molecule has 0 bridgehead atoms. The highest BCUT2D eigenvalue weighted by Crippen LogP contribution is 2.46. The van der Waals surface area contributed by atoms with Crippen molar-refractivity contribution in [2.45, 2.75) is 47.0 Å². The Kier molecular flexibility index (Phi) is 2.94. The lowest BCUT2D eigenvalue weighted by Gasteiger charge is -2.42. The monoisotopic (exact) mass is 212 g/mol. The van der Waals surface area contributed by atoms with Crippen molar-refractivity contribution in [3.05, 3.63) is 0 Å². The summed E-state index contributed by atoms with van der Waals surface area (Å²) >= 11 is 0. The Hall–Kier alpha value is -0.860. The molecule has 0 unspecified atom stereocenters. The van der Waals surface area contributed by atoms with Crippen LogP contribution in [-0.2, 0) is 9.59 Å². The molecule has 86 valence electrons. The van der Waals surface area contributed by atoms with Gasteiger partial charge in [-0.15, -0.1) is 0 Å². The van der Waals surface area contributed by atoms with Crippen molar-refractivity contribution < 1.29 is 14.7 Å². The fourth-order valence-electron chi connectivity index (χ4n) is 2.40. The van der Waals surface area contributed by atoms with E-state index in [-0.39, 0.29) is 5.41 Å². The number of ketones is 1. The Balaban J connectivity index is 2.63. The van der Waals surface area contributed by atoms with E-state index < -0.39 is 11.4 Å². The topological polar surface area (TPSA) is 54.4 Å². The van der Waals surface area contributed by atoms with E-state index in [0.29, 0.717) is 31.0 Å². The lowest BCUT2D eigenvalue weighted by Crippen LogP contribution is -2.40.